The molecule has 0 aliphatic heterocycles. The number of nitro groups is 1. The van der Waals surface area contributed by atoms with Gasteiger partial charge in [0.15, 0.2) is 23.6 Å². The van der Waals surface area contributed by atoms with Gasteiger partial charge < -0.3 is 10.1 Å². The molecule has 0 aliphatic carbocycles. The summed E-state index contributed by atoms with van der Waals surface area (Å²) < 4.78 is 57.7. The number of carbonyl (C=O) groups is 1. The highest BCUT2D eigenvalue weighted by molar-refractivity contribution is 5.94. The summed E-state index contributed by atoms with van der Waals surface area (Å²) in [5.41, 5.74) is -1.23. The predicted molar refractivity (Wildman–Crippen MR) is 78.1 cm³/mol. The Morgan fingerprint density at radius 2 is 1.84 bits per heavy atom. The summed E-state index contributed by atoms with van der Waals surface area (Å²) >= 11 is 0. The normalized spacial score (nSPS) is 11.7. The van der Waals surface area contributed by atoms with Gasteiger partial charge >= 0.3 is 5.69 Å². The summed E-state index contributed by atoms with van der Waals surface area (Å²) in [5.74, 6) is -7.18. The molecule has 25 heavy (non-hydrogen) atoms. The van der Waals surface area contributed by atoms with Crippen molar-refractivity contribution in [3.05, 3.63) is 63.7 Å². The molecule has 10 heteroatoms. The number of carbonyl (C=O) groups excluding carboxylic acids is 1. The summed E-state index contributed by atoms with van der Waals surface area (Å²) in [6.45, 7) is 1.15. The van der Waals surface area contributed by atoms with Crippen LogP contribution in [0.15, 0.2) is 30.3 Å². The van der Waals surface area contributed by atoms with Gasteiger partial charge in [0.25, 0.3) is 5.91 Å². The van der Waals surface area contributed by atoms with E-state index in [1.54, 1.807) is 0 Å². The van der Waals surface area contributed by atoms with Crippen LogP contribution in [0.1, 0.15) is 6.92 Å². The number of halogens is 4. The fraction of sp³-hybridized carbons (Fsp3) is 0.133. The van der Waals surface area contributed by atoms with Crippen molar-refractivity contribution in [3.8, 4) is 5.75 Å². The second kappa shape index (κ2) is 7.16. The van der Waals surface area contributed by atoms with Crippen LogP contribution in [-0.4, -0.2) is 16.9 Å². The van der Waals surface area contributed by atoms with Gasteiger partial charge in [-0.05, 0) is 25.1 Å². The number of hydrogen-bond donors (Lipinski definition) is 1. The quantitative estimate of drug-likeness (QED) is 0.384. The van der Waals surface area contributed by atoms with Crippen molar-refractivity contribution in [2.75, 3.05) is 5.32 Å². The maximum atomic E-state index is 13.5. The third-order valence-corrected chi connectivity index (χ3v) is 3.08. The van der Waals surface area contributed by atoms with Crippen molar-refractivity contribution >= 4 is 17.3 Å². The number of rotatable bonds is 5. The highest BCUT2D eigenvalue weighted by Gasteiger charge is 2.23. The fourth-order valence-electron chi connectivity index (χ4n) is 1.83. The molecule has 1 N–H and O–H groups in total. The molecule has 2 aromatic rings. The maximum absolute atomic E-state index is 13.5. The Balaban J connectivity index is 2.18. The topological polar surface area (TPSA) is 81.5 Å². The van der Waals surface area contributed by atoms with E-state index in [1.807, 2.05) is 5.32 Å². The predicted octanol–water partition coefficient (Wildman–Crippen LogP) is 3.56. The minimum absolute atomic E-state index is 0.515. The number of nitrogens with zero attached hydrogens (tertiary/aromatic N) is 1. The van der Waals surface area contributed by atoms with E-state index in [-0.39, 0.29) is 0 Å². The van der Waals surface area contributed by atoms with Crippen molar-refractivity contribution in [1.29, 1.82) is 0 Å². The monoisotopic (exact) mass is 358 g/mol. The van der Waals surface area contributed by atoms with Crippen molar-refractivity contribution in [1.82, 2.24) is 0 Å². The molecule has 1 amide bonds. The number of ether oxygens (including phenoxy) is 1. The van der Waals surface area contributed by atoms with Gasteiger partial charge in [-0.15, -0.1) is 0 Å². The lowest BCUT2D eigenvalue weighted by molar-refractivity contribution is -0.386. The molecule has 0 saturated carbocycles. The lowest BCUT2D eigenvalue weighted by Crippen LogP contribution is -2.30. The van der Waals surface area contributed by atoms with E-state index in [2.05, 4.69) is 0 Å². The minimum atomic E-state index is -1.77. The molecular weight excluding hydrogens is 348 g/mol. The third kappa shape index (κ3) is 4.03. The molecule has 0 heterocycles. The molecular formula is C15H10F4N2O4. The first-order chi connectivity index (χ1) is 11.7. The van der Waals surface area contributed by atoms with Crippen molar-refractivity contribution < 1.29 is 32.0 Å². The third-order valence-electron chi connectivity index (χ3n) is 3.08. The summed E-state index contributed by atoms with van der Waals surface area (Å²) in [6, 6.07) is 3.80. The number of nitro benzene ring substituents is 1. The zero-order valence-corrected chi connectivity index (χ0v) is 12.6. The zero-order valence-electron chi connectivity index (χ0n) is 12.6. The van der Waals surface area contributed by atoms with Crippen LogP contribution < -0.4 is 10.1 Å². The van der Waals surface area contributed by atoms with Crippen LogP contribution >= 0.6 is 0 Å². The summed E-state index contributed by atoms with van der Waals surface area (Å²) in [5, 5.41) is 12.8. The number of amides is 1. The standard InChI is InChI=1S/C15H10F4N2O4/c1-7(25-12-6-8(16)2-5-11(12)21(23)24)15(22)20-10-4-3-9(17)13(18)14(10)19/h2-7H,1H3,(H,20,22). The average molecular weight is 358 g/mol. The van der Waals surface area contributed by atoms with Gasteiger partial charge in [0, 0.05) is 12.1 Å². The van der Waals surface area contributed by atoms with E-state index in [1.165, 1.54) is 0 Å². The fourth-order valence-corrected chi connectivity index (χ4v) is 1.83. The minimum Gasteiger partial charge on any atom is -0.474 e. The van der Waals surface area contributed by atoms with E-state index >= 15 is 0 Å². The Morgan fingerprint density at radius 3 is 2.48 bits per heavy atom. The van der Waals surface area contributed by atoms with Gasteiger partial charge in [-0.3, -0.25) is 14.9 Å². The molecule has 0 aliphatic rings. The summed E-state index contributed by atoms with van der Waals surface area (Å²) in [4.78, 5) is 22.0. The van der Waals surface area contributed by atoms with Crippen LogP contribution in [-0.2, 0) is 4.79 Å². The van der Waals surface area contributed by atoms with Crippen LogP contribution in [0.4, 0.5) is 28.9 Å². The molecule has 6 nitrogen and oxygen atoms in total. The lowest BCUT2D eigenvalue weighted by atomic mass is 10.2. The van der Waals surface area contributed by atoms with Gasteiger partial charge in [-0.25, -0.2) is 17.6 Å². The van der Waals surface area contributed by atoms with E-state index in [9.17, 15) is 32.5 Å². The molecule has 0 bridgehead atoms. The van der Waals surface area contributed by atoms with Gasteiger partial charge in [-0.1, -0.05) is 0 Å². The van der Waals surface area contributed by atoms with E-state index in [0.29, 0.717) is 12.1 Å². The van der Waals surface area contributed by atoms with Gasteiger partial charge in [-0.2, -0.15) is 0 Å². The molecule has 2 rings (SSSR count). The van der Waals surface area contributed by atoms with Gasteiger partial charge in [0.2, 0.25) is 5.75 Å². The molecule has 1 atom stereocenters. The Hall–Kier alpha value is -3.17. The van der Waals surface area contributed by atoms with E-state index in [0.717, 1.165) is 25.1 Å². The van der Waals surface area contributed by atoms with E-state index in [4.69, 9.17) is 4.74 Å². The van der Waals surface area contributed by atoms with Gasteiger partial charge in [0.1, 0.15) is 5.82 Å². The van der Waals surface area contributed by atoms with Crippen LogP contribution in [0, 0.1) is 33.4 Å². The Kier molecular flexibility index (Phi) is 5.20. The maximum Gasteiger partial charge on any atom is 0.311 e. The van der Waals surface area contributed by atoms with Gasteiger partial charge in [0.05, 0.1) is 10.6 Å². The lowest BCUT2D eigenvalue weighted by Gasteiger charge is -2.15. The molecule has 2 aromatic carbocycles. The molecule has 0 aromatic heterocycles. The number of benzene rings is 2. The number of hydrogen-bond acceptors (Lipinski definition) is 4. The van der Waals surface area contributed by atoms with Crippen LogP contribution in [0.2, 0.25) is 0 Å². The van der Waals surface area contributed by atoms with Crippen LogP contribution in [0.5, 0.6) is 5.75 Å². The molecule has 0 saturated heterocycles. The Morgan fingerprint density at radius 1 is 1.16 bits per heavy atom. The highest BCUT2D eigenvalue weighted by Crippen LogP contribution is 2.28. The highest BCUT2D eigenvalue weighted by atomic mass is 19.2. The average Bonchev–Trinajstić information content (AvgIpc) is 2.55. The van der Waals surface area contributed by atoms with Crippen molar-refractivity contribution in [2.24, 2.45) is 0 Å². The SMILES string of the molecule is CC(Oc1cc(F)ccc1[N+](=O)[O-])C(=O)Nc1ccc(F)c(F)c1F. The van der Waals surface area contributed by atoms with E-state index < -0.39 is 57.3 Å². The largest absolute Gasteiger partial charge is 0.474 e. The molecule has 0 radical (unpaired) electrons. The van der Waals surface area contributed by atoms with Crippen molar-refractivity contribution in [2.45, 2.75) is 13.0 Å². The molecule has 132 valence electrons. The van der Waals surface area contributed by atoms with Crippen LogP contribution in [0.25, 0.3) is 0 Å². The number of anilines is 1. The summed E-state index contributed by atoms with van der Waals surface area (Å²) in [6.07, 6.45) is -1.42. The first-order valence-corrected chi connectivity index (χ1v) is 6.75. The smallest absolute Gasteiger partial charge is 0.311 e. The number of nitrogens with one attached hydrogen (secondary N) is 1. The molecule has 0 fully saturated rings. The van der Waals surface area contributed by atoms with Crippen LogP contribution in [0.3, 0.4) is 0 Å². The second-order valence-corrected chi connectivity index (χ2v) is 4.84. The second-order valence-electron chi connectivity index (χ2n) is 4.84. The zero-order chi connectivity index (χ0) is 18.7. The summed E-state index contributed by atoms with van der Waals surface area (Å²) in [7, 11) is 0. The first kappa shape index (κ1) is 18.2. The first-order valence-electron chi connectivity index (χ1n) is 6.75. The Bertz CT molecular complexity index is 845. The van der Waals surface area contributed by atoms with Crippen molar-refractivity contribution in [3.63, 3.8) is 0 Å². The Labute approximate surface area is 138 Å². The molecule has 1 unspecified atom stereocenters. The molecule has 0 spiro atoms.